The number of carbonyl (C=O) groups is 2. The molecule has 0 aromatic heterocycles. The molecule has 0 saturated carbocycles. The van der Waals surface area contributed by atoms with Gasteiger partial charge in [-0.2, -0.15) is 0 Å². The topological polar surface area (TPSA) is 116 Å². The first-order valence-corrected chi connectivity index (χ1v) is 3.98. The maximum atomic E-state index is 10.9. The molecule has 0 radical (unpaired) electrons. The predicted octanol–water partition coefficient (Wildman–Crippen LogP) is -0.806. The van der Waals surface area contributed by atoms with Gasteiger partial charge in [-0.3, -0.25) is 15.3 Å². The van der Waals surface area contributed by atoms with Gasteiger partial charge in [-0.05, 0) is 0 Å². The summed E-state index contributed by atoms with van der Waals surface area (Å²) in [5, 5.41) is 8.40. The van der Waals surface area contributed by atoms with E-state index in [0.29, 0.717) is 0 Å². The van der Waals surface area contributed by atoms with Crippen molar-refractivity contribution >= 4 is 11.9 Å². The number of ether oxygens (including phenoxy) is 1. The Balaban J connectivity index is 4.30. The Labute approximate surface area is 81.5 Å². The number of aliphatic carboxylic acids is 1. The normalized spacial score (nSPS) is 14.4. The molecular weight excluding hydrogens is 188 g/mol. The van der Waals surface area contributed by atoms with E-state index in [1.54, 1.807) is 0 Å². The predicted molar refractivity (Wildman–Crippen MR) is 49.1 cm³/mol. The monoisotopic (exact) mass is 202 g/mol. The fraction of sp³-hybridized carbons (Fsp3) is 0.500. The van der Waals surface area contributed by atoms with Crippen molar-refractivity contribution in [3.8, 4) is 0 Å². The van der Waals surface area contributed by atoms with E-state index < -0.39 is 17.6 Å². The van der Waals surface area contributed by atoms with Crippen LogP contribution in [0.25, 0.3) is 0 Å². The molecule has 0 spiro atoms. The van der Waals surface area contributed by atoms with Gasteiger partial charge in [0.15, 0.2) is 5.72 Å². The largest absolute Gasteiger partial charge is 0.481 e. The second-order valence-corrected chi connectivity index (χ2v) is 2.75. The van der Waals surface area contributed by atoms with Crippen LogP contribution in [0.4, 0.5) is 0 Å². The van der Waals surface area contributed by atoms with Gasteiger partial charge in [-0.25, -0.2) is 0 Å². The van der Waals surface area contributed by atoms with Gasteiger partial charge in [0.05, 0.1) is 6.61 Å². The zero-order valence-corrected chi connectivity index (χ0v) is 7.73. The lowest BCUT2D eigenvalue weighted by Crippen LogP contribution is -2.54. The van der Waals surface area contributed by atoms with Crippen molar-refractivity contribution < 1.29 is 19.4 Å². The molecule has 0 aromatic carbocycles. The number of primary amides is 1. The molecule has 1 atom stereocenters. The lowest BCUT2D eigenvalue weighted by atomic mass is 10.1. The Morgan fingerprint density at radius 2 is 2.14 bits per heavy atom. The zero-order valence-electron chi connectivity index (χ0n) is 7.73. The van der Waals surface area contributed by atoms with Crippen LogP contribution < -0.4 is 11.5 Å². The van der Waals surface area contributed by atoms with Gasteiger partial charge >= 0.3 is 5.97 Å². The summed E-state index contributed by atoms with van der Waals surface area (Å²) < 4.78 is 4.91. The molecule has 1 amide bonds. The maximum absolute atomic E-state index is 10.9. The number of carboxylic acids is 1. The van der Waals surface area contributed by atoms with Gasteiger partial charge < -0.3 is 15.6 Å². The van der Waals surface area contributed by atoms with Crippen molar-refractivity contribution in [2.24, 2.45) is 11.5 Å². The molecule has 6 heteroatoms. The minimum Gasteiger partial charge on any atom is -0.481 e. The molecule has 5 N–H and O–H groups in total. The van der Waals surface area contributed by atoms with Crippen molar-refractivity contribution in [2.45, 2.75) is 18.6 Å². The van der Waals surface area contributed by atoms with Crippen LogP contribution in [-0.4, -0.2) is 29.3 Å². The van der Waals surface area contributed by atoms with Crippen molar-refractivity contribution in [2.75, 3.05) is 6.61 Å². The molecule has 14 heavy (non-hydrogen) atoms. The minimum atomic E-state index is -1.73. The third-order valence-electron chi connectivity index (χ3n) is 1.59. The Morgan fingerprint density at radius 1 is 1.57 bits per heavy atom. The Kier molecular flexibility index (Phi) is 4.82. The van der Waals surface area contributed by atoms with E-state index in [0.717, 1.165) is 0 Å². The third-order valence-corrected chi connectivity index (χ3v) is 1.59. The van der Waals surface area contributed by atoms with Crippen LogP contribution in [0.15, 0.2) is 12.7 Å². The molecule has 0 fully saturated rings. The molecule has 0 rings (SSSR count). The fourth-order valence-electron chi connectivity index (χ4n) is 0.767. The van der Waals surface area contributed by atoms with Crippen molar-refractivity contribution in [1.29, 1.82) is 0 Å². The summed E-state index contributed by atoms with van der Waals surface area (Å²) in [6.45, 7) is 3.41. The zero-order chi connectivity index (χ0) is 11.2. The highest BCUT2D eigenvalue weighted by atomic mass is 16.5. The summed E-state index contributed by atoms with van der Waals surface area (Å²) in [6, 6.07) is 0. The molecule has 80 valence electrons. The minimum absolute atomic E-state index is 0.0407. The number of carbonyl (C=O) groups excluding carboxylic acids is 1. The average Bonchev–Trinajstić information content (AvgIpc) is 2.11. The second-order valence-electron chi connectivity index (χ2n) is 2.75. The summed E-state index contributed by atoms with van der Waals surface area (Å²) in [5.41, 5.74) is 8.72. The summed E-state index contributed by atoms with van der Waals surface area (Å²) in [4.78, 5) is 21.1. The molecule has 0 heterocycles. The molecule has 0 aliphatic heterocycles. The highest BCUT2D eigenvalue weighted by Crippen LogP contribution is 2.11. The molecule has 6 nitrogen and oxygen atoms in total. The van der Waals surface area contributed by atoms with Gasteiger partial charge in [-0.1, -0.05) is 6.08 Å². The van der Waals surface area contributed by atoms with Crippen LogP contribution in [0.5, 0.6) is 0 Å². The summed E-state index contributed by atoms with van der Waals surface area (Å²) >= 11 is 0. The van der Waals surface area contributed by atoms with Gasteiger partial charge in [0, 0.05) is 12.8 Å². The van der Waals surface area contributed by atoms with E-state index >= 15 is 0 Å². The van der Waals surface area contributed by atoms with Crippen LogP contribution in [0, 0.1) is 0 Å². The average molecular weight is 202 g/mol. The van der Waals surface area contributed by atoms with Crippen LogP contribution in [-0.2, 0) is 14.3 Å². The van der Waals surface area contributed by atoms with Crippen molar-refractivity contribution in [3.63, 3.8) is 0 Å². The molecule has 0 aromatic rings. The number of hydrogen-bond donors (Lipinski definition) is 3. The molecule has 0 bridgehead atoms. The van der Waals surface area contributed by atoms with Gasteiger partial charge in [0.2, 0.25) is 0 Å². The van der Waals surface area contributed by atoms with E-state index in [9.17, 15) is 9.59 Å². The summed E-state index contributed by atoms with van der Waals surface area (Å²) in [6.07, 6.45) is 0.952. The van der Waals surface area contributed by atoms with E-state index in [4.69, 9.17) is 21.3 Å². The highest BCUT2D eigenvalue weighted by molar-refractivity contribution is 5.83. The first-order chi connectivity index (χ1) is 6.42. The Hall–Kier alpha value is -1.40. The third kappa shape index (κ3) is 4.01. The van der Waals surface area contributed by atoms with Crippen molar-refractivity contribution in [3.05, 3.63) is 12.7 Å². The quantitative estimate of drug-likeness (QED) is 0.369. The lowest BCUT2D eigenvalue weighted by Gasteiger charge is -2.24. The number of hydrogen-bond acceptors (Lipinski definition) is 4. The molecule has 0 saturated heterocycles. The van der Waals surface area contributed by atoms with E-state index in [2.05, 4.69) is 6.58 Å². The summed E-state index contributed by atoms with van der Waals surface area (Å²) in [7, 11) is 0. The van der Waals surface area contributed by atoms with Gasteiger partial charge in [-0.15, -0.1) is 6.58 Å². The second kappa shape index (κ2) is 5.36. The van der Waals surface area contributed by atoms with Gasteiger partial charge in [0.1, 0.15) is 0 Å². The Morgan fingerprint density at radius 3 is 2.50 bits per heavy atom. The first kappa shape index (κ1) is 12.6. The number of amides is 1. The Bertz CT molecular complexity index is 241. The number of carboxylic acid groups (broad SMARTS) is 1. The number of nitrogens with two attached hydrogens (primary N) is 2. The van der Waals surface area contributed by atoms with Crippen LogP contribution >= 0.6 is 0 Å². The van der Waals surface area contributed by atoms with Crippen molar-refractivity contribution in [1.82, 2.24) is 0 Å². The fourth-order valence-corrected chi connectivity index (χ4v) is 0.767. The standard InChI is InChI=1S/C8H14N2O4/c1-2-5-14-8(10,7(9)13)4-3-6(11)12/h2H,1,3-5,10H2,(H2,9,13)(H,11,12)/t8-/m1/s1. The SMILES string of the molecule is C=CCO[C@](N)(CCC(=O)O)C(N)=O. The summed E-state index contributed by atoms with van der Waals surface area (Å²) in [5.74, 6) is -1.95. The number of rotatable bonds is 7. The maximum Gasteiger partial charge on any atom is 0.303 e. The molecule has 0 unspecified atom stereocenters. The highest BCUT2D eigenvalue weighted by Gasteiger charge is 2.33. The van der Waals surface area contributed by atoms with Crippen LogP contribution in [0.3, 0.4) is 0 Å². The van der Waals surface area contributed by atoms with Crippen LogP contribution in [0.2, 0.25) is 0 Å². The first-order valence-electron chi connectivity index (χ1n) is 3.98. The van der Waals surface area contributed by atoms with E-state index in [1.807, 2.05) is 0 Å². The van der Waals surface area contributed by atoms with E-state index in [-0.39, 0.29) is 19.4 Å². The molecule has 0 aliphatic rings. The molecule has 0 aliphatic carbocycles. The van der Waals surface area contributed by atoms with E-state index in [1.165, 1.54) is 6.08 Å². The van der Waals surface area contributed by atoms with Gasteiger partial charge in [0.25, 0.3) is 5.91 Å². The van der Waals surface area contributed by atoms with Crippen LogP contribution in [0.1, 0.15) is 12.8 Å². The molecular formula is C8H14N2O4. The smallest absolute Gasteiger partial charge is 0.303 e. The lowest BCUT2D eigenvalue weighted by molar-refractivity contribution is -0.146.